The van der Waals surface area contributed by atoms with Crippen LogP contribution in [0, 0.1) is 5.41 Å². The average molecular weight is 310 g/mol. The van der Waals surface area contributed by atoms with E-state index in [1.807, 2.05) is 19.1 Å². The summed E-state index contributed by atoms with van der Waals surface area (Å²) >= 11 is 0. The largest absolute Gasteiger partial charge is 0.313 e. The second-order valence-electron chi connectivity index (χ2n) is 6.61. The second kappa shape index (κ2) is 6.46. The van der Waals surface area contributed by atoms with Gasteiger partial charge in [0.2, 0.25) is 10.0 Å². The number of benzene rings is 1. The van der Waals surface area contributed by atoms with E-state index in [1.54, 1.807) is 12.1 Å². The lowest BCUT2D eigenvalue weighted by molar-refractivity contribution is 0.372. The predicted octanol–water partition coefficient (Wildman–Crippen LogP) is 2.65. The topological polar surface area (TPSA) is 58.2 Å². The van der Waals surface area contributed by atoms with E-state index in [2.05, 4.69) is 23.9 Å². The minimum absolute atomic E-state index is 0.0530. The molecule has 1 aromatic rings. The van der Waals surface area contributed by atoms with Gasteiger partial charge in [-0.2, -0.15) is 0 Å². The Morgan fingerprint density at radius 3 is 2.62 bits per heavy atom. The Balaban J connectivity index is 2.16. The van der Waals surface area contributed by atoms with Crippen LogP contribution in [0.4, 0.5) is 0 Å². The van der Waals surface area contributed by atoms with Crippen LogP contribution in [-0.2, 0) is 16.6 Å². The summed E-state index contributed by atoms with van der Waals surface area (Å²) in [4.78, 5) is 0.399. The molecule has 118 valence electrons. The average Bonchev–Trinajstić information content (AvgIpc) is 2.75. The quantitative estimate of drug-likeness (QED) is 0.849. The van der Waals surface area contributed by atoms with Crippen molar-refractivity contribution in [2.75, 3.05) is 6.54 Å². The zero-order valence-corrected chi connectivity index (χ0v) is 14.0. The molecular formula is C16H26N2O2S. The molecule has 0 bridgehead atoms. The van der Waals surface area contributed by atoms with Crippen LogP contribution in [0.3, 0.4) is 0 Å². The Morgan fingerprint density at radius 1 is 1.29 bits per heavy atom. The van der Waals surface area contributed by atoms with Crippen molar-refractivity contribution < 1.29 is 8.42 Å². The summed E-state index contributed by atoms with van der Waals surface area (Å²) in [5, 5.41) is 3.19. The highest BCUT2D eigenvalue weighted by molar-refractivity contribution is 7.89. The van der Waals surface area contributed by atoms with Gasteiger partial charge in [-0.3, -0.25) is 0 Å². The fourth-order valence-corrected chi connectivity index (χ4v) is 4.50. The zero-order chi connectivity index (χ0) is 15.5. The highest BCUT2D eigenvalue weighted by atomic mass is 32.2. The van der Waals surface area contributed by atoms with Gasteiger partial charge in [0.1, 0.15) is 0 Å². The van der Waals surface area contributed by atoms with Crippen LogP contribution in [0.1, 0.15) is 45.6 Å². The maximum atomic E-state index is 12.6. The summed E-state index contributed by atoms with van der Waals surface area (Å²) in [6.07, 6.45) is 2.89. The molecule has 4 nitrogen and oxygen atoms in total. The van der Waals surface area contributed by atoms with Gasteiger partial charge < -0.3 is 5.32 Å². The number of sulfonamides is 1. The maximum absolute atomic E-state index is 12.6. The molecule has 1 fully saturated rings. The maximum Gasteiger partial charge on any atom is 0.241 e. The van der Waals surface area contributed by atoms with Crippen LogP contribution in [0.15, 0.2) is 29.2 Å². The minimum atomic E-state index is -3.44. The fourth-order valence-electron chi connectivity index (χ4n) is 2.99. The fraction of sp³-hybridized carbons (Fsp3) is 0.625. The summed E-state index contributed by atoms with van der Waals surface area (Å²) in [5.74, 6) is 0. The molecule has 2 rings (SSSR count). The third-order valence-corrected chi connectivity index (χ3v) is 5.74. The van der Waals surface area contributed by atoms with Crippen LogP contribution >= 0.6 is 0 Å². The van der Waals surface area contributed by atoms with Gasteiger partial charge in [-0.15, -0.1) is 0 Å². The summed E-state index contributed by atoms with van der Waals surface area (Å²) in [5.41, 5.74) is 1.06. The third-order valence-electron chi connectivity index (χ3n) is 4.12. The minimum Gasteiger partial charge on any atom is -0.313 e. The van der Waals surface area contributed by atoms with Gasteiger partial charge in [0.15, 0.2) is 0 Å². The van der Waals surface area contributed by atoms with Crippen LogP contribution in [0.2, 0.25) is 0 Å². The van der Waals surface area contributed by atoms with Crippen LogP contribution in [-0.4, -0.2) is 21.0 Å². The Morgan fingerprint density at radius 2 is 2.00 bits per heavy atom. The Bertz CT molecular complexity index is 582. The third kappa shape index (κ3) is 4.28. The molecule has 0 heterocycles. The van der Waals surface area contributed by atoms with Gasteiger partial charge in [-0.1, -0.05) is 39.0 Å². The first-order valence-electron chi connectivity index (χ1n) is 7.65. The number of nitrogens with one attached hydrogen (secondary N) is 2. The van der Waals surface area contributed by atoms with E-state index in [0.29, 0.717) is 11.4 Å². The van der Waals surface area contributed by atoms with Crippen molar-refractivity contribution >= 4 is 10.0 Å². The molecule has 0 spiro atoms. The Hall–Kier alpha value is -0.910. The van der Waals surface area contributed by atoms with Crippen LogP contribution in [0.5, 0.6) is 0 Å². The molecule has 0 aliphatic heterocycles. The molecule has 1 unspecified atom stereocenters. The molecule has 1 saturated carbocycles. The molecule has 1 aromatic carbocycles. The number of rotatable bonds is 6. The standard InChI is InChI=1S/C16H26N2O2S/c1-4-17-12-13-7-5-6-8-15(13)21(19,20)18-14-9-10-16(2,3)11-14/h5-8,14,17-18H,4,9-12H2,1-3H3. The molecule has 21 heavy (non-hydrogen) atoms. The molecule has 0 radical (unpaired) electrons. The van der Waals surface area contributed by atoms with Crippen molar-refractivity contribution in [3.63, 3.8) is 0 Å². The van der Waals surface area contributed by atoms with Crippen molar-refractivity contribution in [2.24, 2.45) is 5.41 Å². The molecule has 0 saturated heterocycles. The lowest BCUT2D eigenvalue weighted by atomic mass is 9.92. The van der Waals surface area contributed by atoms with E-state index < -0.39 is 10.0 Å². The van der Waals surface area contributed by atoms with Crippen molar-refractivity contribution in [1.29, 1.82) is 0 Å². The molecule has 1 atom stereocenters. The molecule has 2 N–H and O–H groups in total. The van der Waals surface area contributed by atoms with Crippen molar-refractivity contribution in [1.82, 2.24) is 10.0 Å². The summed E-state index contributed by atoms with van der Waals surface area (Å²) in [6.45, 7) is 7.79. The Labute approximate surface area is 128 Å². The van der Waals surface area contributed by atoms with Gasteiger partial charge in [-0.05, 0) is 42.9 Å². The number of hydrogen-bond acceptors (Lipinski definition) is 3. The smallest absolute Gasteiger partial charge is 0.241 e. The van der Waals surface area contributed by atoms with E-state index in [1.165, 1.54) is 0 Å². The second-order valence-corrected chi connectivity index (χ2v) is 8.30. The summed E-state index contributed by atoms with van der Waals surface area (Å²) < 4.78 is 28.2. The summed E-state index contributed by atoms with van der Waals surface area (Å²) in [7, 11) is -3.44. The van der Waals surface area contributed by atoms with Gasteiger partial charge >= 0.3 is 0 Å². The Kier molecular flexibility index (Phi) is 5.07. The van der Waals surface area contributed by atoms with E-state index in [9.17, 15) is 8.42 Å². The van der Waals surface area contributed by atoms with Crippen molar-refractivity contribution in [3.8, 4) is 0 Å². The first kappa shape index (κ1) is 16.5. The summed E-state index contributed by atoms with van der Waals surface area (Å²) in [6, 6.07) is 7.27. The molecule has 0 amide bonds. The first-order valence-corrected chi connectivity index (χ1v) is 9.13. The monoisotopic (exact) mass is 310 g/mol. The van der Waals surface area contributed by atoms with E-state index in [0.717, 1.165) is 31.4 Å². The van der Waals surface area contributed by atoms with E-state index >= 15 is 0 Å². The highest BCUT2D eigenvalue weighted by Crippen LogP contribution is 2.37. The van der Waals surface area contributed by atoms with Gasteiger partial charge in [-0.25, -0.2) is 13.1 Å². The molecular weight excluding hydrogens is 284 g/mol. The molecule has 5 heteroatoms. The molecule has 1 aliphatic carbocycles. The van der Waals surface area contributed by atoms with Crippen molar-refractivity contribution in [2.45, 2.75) is 57.5 Å². The first-order chi connectivity index (χ1) is 9.84. The van der Waals surface area contributed by atoms with Gasteiger partial charge in [0.25, 0.3) is 0 Å². The predicted molar refractivity (Wildman–Crippen MR) is 85.6 cm³/mol. The molecule has 0 aromatic heterocycles. The van der Waals surface area contributed by atoms with E-state index in [-0.39, 0.29) is 11.5 Å². The van der Waals surface area contributed by atoms with Crippen molar-refractivity contribution in [3.05, 3.63) is 29.8 Å². The lowest BCUT2D eigenvalue weighted by Crippen LogP contribution is -2.34. The van der Waals surface area contributed by atoms with Gasteiger partial charge in [0, 0.05) is 12.6 Å². The van der Waals surface area contributed by atoms with Crippen LogP contribution in [0.25, 0.3) is 0 Å². The van der Waals surface area contributed by atoms with E-state index in [4.69, 9.17) is 0 Å². The van der Waals surface area contributed by atoms with Crippen LogP contribution < -0.4 is 10.0 Å². The number of hydrogen-bond donors (Lipinski definition) is 2. The normalized spacial score (nSPS) is 21.6. The zero-order valence-electron chi connectivity index (χ0n) is 13.1. The lowest BCUT2D eigenvalue weighted by Gasteiger charge is -2.19. The molecule has 1 aliphatic rings. The SMILES string of the molecule is CCNCc1ccccc1S(=O)(=O)NC1CCC(C)(C)C1. The van der Waals surface area contributed by atoms with Gasteiger partial charge in [0.05, 0.1) is 4.90 Å². The highest BCUT2D eigenvalue weighted by Gasteiger charge is 2.33.